The summed E-state index contributed by atoms with van der Waals surface area (Å²) in [7, 11) is 2.10. The minimum Gasteiger partial charge on any atom is -0.380 e. The summed E-state index contributed by atoms with van der Waals surface area (Å²) in [5.41, 5.74) is 0.696. The van der Waals surface area contributed by atoms with Crippen LogP contribution in [0.15, 0.2) is 18.2 Å². The third-order valence-corrected chi connectivity index (χ3v) is 3.24. The van der Waals surface area contributed by atoms with Gasteiger partial charge in [0, 0.05) is 12.6 Å². The molecule has 0 saturated carbocycles. The van der Waals surface area contributed by atoms with Crippen molar-refractivity contribution < 1.29 is 4.39 Å². The van der Waals surface area contributed by atoms with Gasteiger partial charge in [0.25, 0.3) is 0 Å². The summed E-state index contributed by atoms with van der Waals surface area (Å²) in [5.74, 6) is -0.254. The van der Waals surface area contributed by atoms with Gasteiger partial charge in [-0.2, -0.15) is 0 Å². The summed E-state index contributed by atoms with van der Waals surface area (Å²) >= 11 is 6.01. The molecule has 1 aromatic carbocycles. The minimum absolute atomic E-state index is 0.254. The topological polar surface area (TPSA) is 15.3 Å². The Bertz CT molecular complexity index is 370. The number of halogens is 2. The first-order valence-corrected chi connectivity index (χ1v) is 5.93. The fourth-order valence-corrected chi connectivity index (χ4v) is 2.28. The molecule has 0 aromatic heterocycles. The molecule has 0 amide bonds. The lowest BCUT2D eigenvalue weighted by Gasteiger charge is -2.31. The van der Waals surface area contributed by atoms with E-state index < -0.39 is 0 Å². The van der Waals surface area contributed by atoms with E-state index in [9.17, 15) is 4.39 Å². The molecule has 0 bridgehead atoms. The summed E-state index contributed by atoms with van der Waals surface area (Å²) in [6, 6.07) is 4.78. The summed E-state index contributed by atoms with van der Waals surface area (Å²) in [4.78, 5) is 2.27. The van der Waals surface area contributed by atoms with Crippen LogP contribution in [0.25, 0.3) is 0 Å². The molecule has 0 radical (unpaired) electrons. The Kier molecular flexibility index (Phi) is 3.66. The zero-order valence-corrected chi connectivity index (χ0v) is 10.1. The van der Waals surface area contributed by atoms with Crippen LogP contribution >= 0.6 is 11.6 Å². The van der Waals surface area contributed by atoms with Crippen molar-refractivity contribution in [2.45, 2.75) is 18.9 Å². The third-order valence-electron chi connectivity index (χ3n) is 2.91. The molecule has 1 heterocycles. The molecule has 2 rings (SSSR count). The molecular weight excluding hydrogens is 227 g/mol. The van der Waals surface area contributed by atoms with Crippen molar-refractivity contribution in [1.29, 1.82) is 0 Å². The lowest BCUT2D eigenvalue weighted by atomic mass is 10.1. The SMILES string of the molecule is CN1CCCC(Nc2cc(F)ccc2Cl)C1. The maximum Gasteiger partial charge on any atom is 0.125 e. The normalized spacial score (nSPS) is 22.1. The lowest BCUT2D eigenvalue weighted by molar-refractivity contribution is 0.261. The highest BCUT2D eigenvalue weighted by atomic mass is 35.5. The largest absolute Gasteiger partial charge is 0.380 e. The van der Waals surface area contributed by atoms with E-state index in [2.05, 4.69) is 17.3 Å². The van der Waals surface area contributed by atoms with Gasteiger partial charge in [-0.25, -0.2) is 4.39 Å². The molecule has 1 aromatic rings. The van der Waals surface area contributed by atoms with E-state index >= 15 is 0 Å². The first kappa shape index (κ1) is 11.7. The molecular formula is C12H16ClFN2. The van der Waals surface area contributed by atoms with E-state index in [4.69, 9.17) is 11.6 Å². The van der Waals surface area contributed by atoms with Crippen molar-refractivity contribution in [3.8, 4) is 0 Å². The van der Waals surface area contributed by atoms with Gasteiger partial charge in [0.2, 0.25) is 0 Å². The van der Waals surface area contributed by atoms with Gasteiger partial charge in [0.1, 0.15) is 5.82 Å². The minimum atomic E-state index is -0.254. The van der Waals surface area contributed by atoms with Crippen LogP contribution in [0.2, 0.25) is 5.02 Å². The predicted octanol–water partition coefficient (Wildman–Crippen LogP) is 2.99. The van der Waals surface area contributed by atoms with Crippen molar-refractivity contribution in [3.63, 3.8) is 0 Å². The van der Waals surface area contributed by atoms with Gasteiger partial charge in [-0.15, -0.1) is 0 Å². The second-order valence-corrected chi connectivity index (χ2v) is 4.78. The van der Waals surface area contributed by atoms with E-state index in [1.807, 2.05) is 0 Å². The number of benzene rings is 1. The maximum atomic E-state index is 13.1. The number of piperidine rings is 1. The first-order chi connectivity index (χ1) is 7.65. The van der Waals surface area contributed by atoms with Crippen molar-refractivity contribution >= 4 is 17.3 Å². The molecule has 1 aliphatic rings. The lowest BCUT2D eigenvalue weighted by Crippen LogP contribution is -2.39. The molecule has 1 unspecified atom stereocenters. The monoisotopic (exact) mass is 242 g/mol. The van der Waals surface area contributed by atoms with Crippen molar-refractivity contribution in [1.82, 2.24) is 4.90 Å². The quantitative estimate of drug-likeness (QED) is 0.858. The van der Waals surface area contributed by atoms with Crippen LogP contribution in [0.5, 0.6) is 0 Å². The van der Waals surface area contributed by atoms with Crippen LogP contribution in [0.4, 0.5) is 10.1 Å². The Morgan fingerprint density at radius 3 is 3.06 bits per heavy atom. The van der Waals surface area contributed by atoms with Crippen LogP contribution in [0, 0.1) is 5.82 Å². The Morgan fingerprint density at radius 1 is 1.50 bits per heavy atom. The first-order valence-electron chi connectivity index (χ1n) is 5.55. The highest BCUT2D eigenvalue weighted by molar-refractivity contribution is 6.33. The van der Waals surface area contributed by atoms with Crippen LogP contribution in [0.3, 0.4) is 0 Å². The van der Waals surface area contributed by atoms with E-state index in [-0.39, 0.29) is 5.82 Å². The molecule has 2 nitrogen and oxygen atoms in total. The van der Waals surface area contributed by atoms with Gasteiger partial charge >= 0.3 is 0 Å². The Balaban J connectivity index is 2.05. The number of likely N-dealkylation sites (tertiary alicyclic amines) is 1. The number of hydrogen-bond acceptors (Lipinski definition) is 2. The fourth-order valence-electron chi connectivity index (χ4n) is 2.11. The number of hydrogen-bond donors (Lipinski definition) is 1. The summed E-state index contributed by atoms with van der Waals surface area (Å²) in [5, 5.41) is 3.89. The standard InChI is InChI=1S/C12H16ClFN2/c1-16-6-2-3-10(8-16)15-12-7-9(14)4-5-11(12)13/h4-5,7,10,15H,2-3,6,8H2,1H3. The number of anilines is 1. The summed E-state index contributed by atoms with van der Waals surface area (Å²) in [6.07, 6.45) is 2.28. The molecule has 4 heteroatoms. The van der Waals surface area contributed by atoms with Crippen molar-refractivity contribution in [2.75, 3.05) is 25.5 Å². The number of nitrogens with zero attached hydrogens (tertiary/aromatic N) is 1. The molecule has 88 valence electrons. The zero-order chi connectivity index (χ0) is 11.5. The average Bonchev–Trinajstić information content (AvgIpc) is 2.24. The molecule has 0 aliphatic carbocycles. The van der Waals surface area contributed by atoms with Crippen LogP contribution in [-0.2, 0) is 0 Å². The van der Waals surface area contributed by atoms with Gasteiger partial charge < -0.3 is 10.2 Å². The molecule has 1 saturated heterocycles. The van der Waals surface area contributed by atoms with Crippen LogP contribution < -0.4 is 5.32 Å². The number of rotatable bonds is 2. The highest BCUT2D eigenvalue weighted by Crippen LogP contribution is 2.24. The molecule has 1 N–H and O–H groups in total. The van der Waals surface area contributed by atoms with Gasteiger partial charge in [-0.05, 0) is 44.6 Å². The molecule has 16 heavy (non-hydrogen) atoms. The smallest absolute Gasteiger partial charge is 0.125 e. The Labute approximate surface area is 100 Å². The third kappa shape index (κ3) is 2.86. The molecule has 1 aliphatic heterocycles. The van der Waals surface area contributed by atoms with Crippen molar-refractivity contribution in [2.24, 2.45) is 0 Å². The number of nitrogens with one attached hydrogen (secondary N) is 1. The molecule has 1 atom stereocenters. The van der Waals surface area contributed by atoms with Crippen molar-refractivity contribution in [3.05, 3.63) is 29.0 Å². The van der Waals surface area contributed by atoms with E-state index in [1.165, 1.54) is 18.6 Å². The van der Waals surface area contributed by atoms with Gasteiger partial charge in [-0.1, -0.05) is 11.6 Å². The zero-order valence-electron chi connectivity index (χ0n) is 9.34. The van der Waals surface area contributed by atoms with Gasteiger partial charge in [-0.3, -0.25) is 0 Å². The van der Waals surface area contributed by atoms with E-state index in [1.54, 1.807) is 6.07 Å². The molecule has 1 fully saturated rings. The number of likely N-dealkylation sites (N-methyl/N-ethyl adjacent to an activating group) is 1. The average molecular weight is 243 g/mol. The Hall–Kier alpha value is -0.800. The van der Waals surface area contributed by atoms with Gasteiger partial charge in [0.15, 0.2) is 0 Å². The second-order valence-electron chi connectivity index (χ2n) is 4.37. The van der Waals surface area contributed by atoms with E-state index in [0.717, 1.165) is 19.5 Å². The maximum absolute atomic E-state index is 13.1. The van der Waals surface area contributed by atoms with Crippen LogP contribution in [0.1, 0.15) is 12.8 Å². The Morgan fingerprint density at radius 2 is 2.31 bits per heavy atom. The van der Waals surface area contributed by atoms with E-state index in [0.29, 0.717) is 16.8 Å². The summed E-state index contributed by atoms with van der Waals surface area (Å²) in [6.45, 7) is 2.11. The summed E-state index contributed by atoms with van der Waals surface area (Å²) < 4.78 is 13.1. The van der Waals surface area contributed by atoms with Gasteiger partial charge in [0.05, 0.1) is 10.7 Å². The predicted molar refractivity (Wildman–Crippen MR) is 65.6 cm³/mol. The fraction of sp³-hybridized carbons (Fsp3) is 0.500. The second kappa shape index (κ2) is 5.02. The van der Waals surface area contributed by atoms with Crippen LogP contribution in [-0.4, -0.2) is 31.1 Å². The highest BCUT2D eigenvalue weighted by Gasteiger charge is 2.17. The molecule has 0 spiro atoms.